The first kappa shape index (κ1) is 20.4. The van der Waals surface area contributed by atoms with E-state index in [4.69, 9.17) is 5.73 Å². The first-order valence-corrected chi connectivity index (χ1v) is 9.49. The maximum atomic E-state index is 13.0. The molecule has 1 aromatic rings. The molecule has 144 valence electrons. The zero-order valence-electron chi connectivity index (χ0n) is 15.6. The van der Waals surface area contributed by atoms with Gasteiger partial charge in [0.05, 0.1) is 0 Å². The number of halogens is 1. The van der Waals surface area contributed by atoms with Crippen molar-refractivity contribution in [1.82, 2.24) is 10.6 Å². The van der Waals surface area contributed by atoms with Crippen molar-refractivity contribution in [2.24, 2.45) is 17.6 Å². The summed E-state index contributed by atoms with van der Waals surface area (Å²) >= 11 is 0. The van der Waals surface area contributed by atoms with Crippen LogP contribution in [0.2, 0.25) is 0 Å². The highest BCUT2D eigenvalue weighted by Gasteiger charge is 2.29. The van der Waals surface area contributed by atoms with Crippen LogP contribution in [0.15, 0.2) is 24.3 Å². The predicted molar refractivity (Wildman–Crippen MR) is 100 cm³/mol. The van der Waals surface area contributed by atoms with Crippen LogP contribution in [0.4, 0.5) is 4.39 Å². The molecule has 5 nitrogen and oxygen atoms in total. The van der Waals surface area contributed by atoms with Crippen molar-refractivity contribution in [3.8, 4) is 0 Å². The lowest BCUT2D eigenvalue weighted by Crippen LogP contribution is -2.55. The van der Waals surface area contributed by atoms with Crippen molar-refractivity contribution < 1.29 is 14.0 Å². The summed E-state index contributed by atoms with van der Waals surface area (Å²) in [4.78, 5) is 25.2. The van der Waals surface area contributed by atoms with Crippen molar-refractivity contribution in [1.29, 1.82) is 0 Å². The van der Waals surface area contributed by atoms with Gasteiger partial charge in [-0.25, -0.2) is 4.39 Å². The summed E-state index contributed by atoms with van der Waals surface area (Å²) in [5.41, 5.74) is 6.22. The molecule has 1 aliphatic carbocycles. The van der Waals surface area contributed by atoms with E-state index in [1.807, 2.05) is 13.8 Å². The minimum Gasteiger partial charge on any atom is -0.350 e. The fraction of sp³-hybridized carbons (Fsp3) is 0.600. The molecule has 1 aromatic carbocycles. The Morgan fingerprint density at radius 3 is 2.27 bits per heavy atom. The molecule has 4 N–H and O–H groups in total. The summed E-state index contributed by atoms with van der Waals surface area (Å²) in [6.07, 6.45) is 5.74. The van der Waals surface area contributed by atoms with Gasteiger partial charge in [-0.1, -0.05) is 33.1 Å². The first-order valence-electron chi connectivity index (χ1n) is 9.49. The summed E-state index contributed by atoms with van der Waals surface area (Å²) in [6.45, 7) is 4.16. The molecule has 2 atom stereocenters. The van der Waals surface area contributed by atoms with Crippen LogP contribution in [0.5, 0.6) is 0 Å². The Hall–Kier alpha value is -1.95. The summed E-state index contributed by atoms with van der Waals surface area (Å²) < 4.78 is 13.0. The van der Waals surface area contributed by atoms with Crippen molar-refractivity contribution in [2.75, 3.05) is 6.54 Å². The quantitative estimate of drug-likeness (QED) is 0.696. The van der Waals surface area contributed by atoms with Crippen molar-refractivity contribution in [3.63, 3.8) is 0 Å². The van der Waals surface area contributed by atoms with Crippen LogP contribution in [0.1, 0.15) is 56.3 Å². The Balaban J connectivity index is 2.01. The highest BCUT2D eigenvalue weighted by molar-refractivity contribution is 5.97. The Morgan fingerprint density at radius 2 is 1.73 bits per heavy atom. The molecule has 2 unspecified atom stereocenters. The fourth-order valence-corrected chi connectivity index (χ4v) is 3.54. The fourth-order valence-electron chi connectivity index (χ4n) is 3.54. The summed E-state index contributed by atoms with van der Waals surface area (Å²) in [6, 6.07) is 4.55. The predicted octanol–water partition coefficient (Wildman–Crippen LogP) is 2.60. The second-order valence-corrected chi connectivity index (χ2v) is 7.45. The Kier molecular flexibility index (Phi) is 7.57. The van der Waals surface area contributed by atoms with E-state index in [-0.39, 0.29) is 23.8 Å². The number of carbonyl (C=O) groups is 2. The summed E-state index contributed by atoms with van der Waals surface area (Å²) in [5, 5.41) is 5.82. The Morgan fingerprint density at radius 1 is 1.12 bits per heavy atom. The highest BCUT2D eigenvalue weighted by Crippen LogP contribution is 2.26. The van der Waals surface area contributed by atoms with Crippen LogP contribution in [0, 0.1) is 17.7 Å². The van der Waals surface area contributed by atoms with E-state index in [1.54, 1.807) is 0 Å². The van der Waals surface area contributed by atoms with E-state index in [9.17, 15) is 14.0 Å². The molecule has 0 aromatic heterocycles. The molecule has 0 aliphatic heterocycles. The third kappa shape index (κ3) is 5.53. The average Bonchev–Trinajstić information content (AvgIpc) is 2.64. The molecule has 0 spiro atoms. The number of nitrogens with one attached hydrogen (secondary N) is 2. The lowest BCUT2D eigenvalue weighted by Gasteiger charge is -2.32. The molecule has 26 heavy (non-hydrogen) atoms. The van der Waals surface area contributed by atoms with Crippen LogP contribution in [0.3, 0.4) is 0 Å². The number of amides is 2. The third-order valence-corrected chi connectivity index (χ3v) is 5.14. The SMILES string of the molecule is CC(C)C(NC(=O)c1ccc(F)cc1)C(=O)NC(CN)C1CCCCC1. The van der Waals surface area contributed by atoms with Crippen LogP contribution in [0.25, 0.3) is 0 Å². The van der Waals surface area contributed by atoms with E-state index in [1.165, 1.54) is 43.5 Å². The molecule has 0 saturated heterocycles. The number of hydrogen-bond donors (Lipinski definition) is 3. The Bertz CT molecular complexity index is 598. The molecular weight excluding hydrogens is 333 g/mol. The maximum Gasteiger partial charge on any atom is 0.251 e. The molecule has 0 radical (unpaired) electrons. The maximum absolute atomic E-state index is 13.0. The van der Waals surface area contributed by atoms with E-state index in [0.29, 0.717) is 18.0 Å². The zero-order valence-corrected chi connectivity index (χ0v) is 15.6. The van der Waals surface area contributed by atoms with E-state index >= 15 is 0 Å². The van der Waals surface area contributed by atoms with Gasteiger partial charge < -0.3 is 16.4 Å². The van der Waals surface area contributed by atoms with Gasteiger partial charge in [0.25, 0.3) is 5.91 Å². The number of benzene rings is 1. The molecule has 0 heterocycles. The van der Waals surface area contributed by atoms with Crippen LogP contribution in [-0.4, -0.2) is 30.4 Å². The third-order valence-electron chi connectivity index (χ3n) is 5.14. The van der Waals surface area contributed by atoms with Gasteiger partial charge in [-0.2, -0.15) is 0 Å². The van der Waals surface area contributed by atoms with Crippen LogP contribution >= 0.6 is 0 Å². The molecule has 1 aliphatic rings. The highest BCUT2D eigenvalue weighted by atomic mass is 19.1. The van der Waals surface area contributed by atoms with Gasteiger partial charge in [0.2, 0.25) is 5.91 Å². The Labute approximate surface area is 154 Å². The molecule has 2 rings (SSSR count). The molecular formula is C20H30FN3O2. The molecule has 6 heteroatoms. The summed E-state index contributed by atoms with van der Waals surface area (Å²) in [5.74, 6) is -0.683. The molecule has 1 saturated carbocycles. The van der Waals surface area contributed by atoms with Crippen molar-refractivity contribution in [2.45, 2.75) is 58.0 Å². The van der Waals surface area contributed by atoms with Crippen LogP contribution in [-0.2, 0) is 4.79 Å². The second-order valence-electron chi connectivity index (χ2n) is 7.45. The van der Waals surface area contributed by atoms with Gasteiger partial charge in [-0.05, 0) is 48.9 Å². The normalized spacial score (nSPS) is 17.6. The van der Waals surface area contributed by atoms with Gasteiger partial charge in [0.15, 0.2) is 0 Å². The lowest BCUT2D eigenvalue weighted by atomic mass is 9.83. The van der Waals surface area contributed by atoms with Gasteiger partial charge in [-0.15, -0.1) is 0 Å². The lowest BCUT2D eigenvalue weighted by molar-refractivity contribution is -0.125. The second kappa shape index (κ2) is 9.67. The molecule has 0 bridgehead atoms. The first-order chi connectivity index (χ1) is 12.4. The van der Waals surface area contributed by atoms with E-state index < -0.39 is 11.9 Å². The number of rotatable bonds is 7. The smallest absolute Gasteiger partial charge is 0.251 e. The minimum atomic E-state index is -0.662. The minimum absolute atomic E-state index is 0.0632. The van der Waals surface area contributed by atoms with Crippen molar-refractivity contribution >= 4 is 11.8 Å². The van der Waals surface area contributed by atoms with Crippen LogP contribution < -0.4 is 16.4 Å². The number of hydrogen-bond acceptors (Lipinski definition) is 3. The number of carbonyl (C=O) groups excluding carboxylic acids is 2. The molecule has 2 amide bonds. The van der Waals surface area contributed by atoms with Gasteiger partial charge in [-0.3, -0.25) is 9.59 Å². The topological polar surface area (TPSA) is 84.2 Å². The van der Waals surface area contributed by atoms with Gasteiger partial charge >= 0.3 is 0 Å². The van der Waals surface area contributed by atoms with Gasteiger partial charge in [0, 0.05) is 18.2 Å². The van der Waals surface area contributed by atoms with E-state index in [0.717, 1.165) is 12.8 Å². The largest absolute Gasteiger partial charge is 0.350 e. The monoisotopic (exact) mass is 363 g/mol. The number of nitrogens with two attached hydrogens (primary N) is 1. The standard InChI is InChI=1S/C20H30FN3O2/c1-13(2)18(24-19(25)15-8-10-16(21)11-9-15)20(26)23-17(12-22)14-6-4-3-5-7-14/h8-11,13-14,17-18H,3-7,12,22H2,1-2H3,(H,23,26)(H,24,25). The average molecular weight is 363 g/mol. The summed E-state index contributed by atoms with van der Waals surface area (Å²) in [7, 11) is 0. The van der Waals surface area contributed by atoms with Gasteiger partial charge in [0.1, 0.15) is 11.9 Å². The zero-order chi connectivity index (χ0) is 19.1. The van der Waals surface area contributed by atoms with Crippen molar-refractivity contribution in [3.05, 3.63) is 35.6 Å². The molecule has 1 fully saturated rings. The van der Waals surface area contributed by atoms with E-state index in [2.05, 4.69) is 10.6 Å².